The molecule has 1 fully saturated rings. The average molecular weight is 608 g/mol. The molecular formula is C28H33IO7. The quantitative estimate of drug-likeness (QED) is 0.147. The lowest BCUT2D eigenvalue weighted by molar-refractivity contribution is -0.153. The van der Waals surface area contributed by atoms with Crippen molar-refractivity contribution >= 4 is 34.5 Å². The highest BCUT2D eigenvalue weighted by Crippen LogP contribution is 2.34. The van der Waals surface area contributed by atoms with Gasteiger partial charge in [-0.05, 0) is 57.5 Å². The largest absolute Gasteiger partial charge is 0.456 e. The van der Waals surface area contributed by atoms with Gasteiger partial charge in [-0.25, -0.2) is 9.59 Å². The third-order valence-corrected chi connectivity index (χ3v) is 6.34. The van der Waals surface area contributed by atoms with E-state index in [9.17, 15) is 9.59 Å². The zero-order chi connectivity index (χ0) is 26.1. The van der Waals surface area contributed by atoms with Crippen molar-refractivity contribution in [3.8, 4) is 0 Å². The molecule has 0 amide bonds. The smallest absolute Gasteiger partial charge is 0.338 e. The summed E-state index contributed by atoms with van der Waals surface area (Å²) in [7, 11) is 1.53. The second-order valence-electron chi connectivity index (χ2n) is 8.91. The minimum absolute atomic E-state index is 0.260. The van der Waals surface area contributed by atoms with Gasteiger partial charge >= 0.3 is 11.9 Å². The molecule has 1 unspecified atom stereocenters. The number of methoxy groups -OCH3 is 1. The Balaban J connectivity index is 1.80. The zero-order valence-electron chi connectivity index (χ0n) is 21.0. The van der Waals surface area contributed by atoms with Crippen molar-refractivity contribution in [2.45, 2.75) is 63.5 Å². The topological polar surface area (TPSA) is 80.3 Å². The highest BCUT2D eigenvalue weighted by atomic mass is 127. The SMILES string of the molecule is CO[C@H](C=CC(OC(=O)c1ccccc1)[C@H]1OC(C)(C)O[C@H]1CCI)[C@H](C)OC(=O)c1ccccc1. The summed E-state index contributed by atoms with van der Waals surface area (Å²) >= 11 is 2.29. The average Bonchev–Trinajstić information content (AvgIpc) is 3.18. The summed E-state index contributed by atoms with van der Waals surface area (Å²) in [4.78, 5) is 25.4. The molecule has 1 saturated heterocycles. The number of hydrogen-bond acceptors (Lipinski definition) is 7. The first kappa shape index (κ1) is 28.3. The summed E-state index contributed by atoms with van der Waals surface area (Å²) < 4.78 is 30.3. The van der Waals surface area contributed by atoms with E-state index in [-0.39, 0.29) is 6.10 Å². The van der Waals surface area contributed by atoms with E-state index in [2.05, 4.69) is 22.6 Å². The van der Waals surface area contributed by atoms with Gasteiger partial charge in [0, 0.05) is 11.5 Å². The number of halogens is 1. The van der Waals surface area contributed by atoms with E-state index in [0.29, 0.717) is 11.1 Å². The molecule has 0 bridgehead atoms. The first-order chi connectivity index (χ1) is 17.2. The summed E-state index contributed by atoms with van der Waals surface area (Å²) in [6, 6.07) is 17.6. The number of carbonyl (C=O) groups excluding carboxylic acids is 2. The van der Waals surface area contributed by atoms with Crippen LogP contribution >= 0.6 is 22.6 Å². The van der Waals surface area contributed by atoms with Crippen molar-refractivity contribution in [1.29, 1.82) is 0 Å². The zero-order valence-corrected chi connectivity index (χ0v) is 23.1. The molecule has 0 spiro atoms. The number of esters is 2. The Morgan fingerprint density at radius 1 is 0.944 bits per heavy atom. The van der Waals surface area contributed by atoms with Crippen LogP contribution in [0.3, 0.4) is 0 Å². The van der Waals surface area contributed by atoms with Crippen molar-refractivity contribution in [3.05, 3.63) is 83.9 Å². The van der Waals surface area contributed by atoms with Gasteiger partial charge in [0.05, 0.1) is 17.2 Å². The fraction of sp³-hybridized carbons (Fsp3) is 0.429. The number of hydrogen-bond donors (Lipinski definition) is 0. The van der Waals surface area contributed by atoms with Crippen molar-refractivity contribution in [2.24, 2.45) is 0 Å². The minimum Gasteiger partial charge on any atom is -0.456 e. The van der Waals surface area contributed by atoms with Crippen LogP contribution in [0.2, 0.25) is 0 Å². The number of rotatable bonds is 11. The van der Waals surface area contributed by atoms with Crippen LogP contribution < -0.4 is 0 Å². The van der Waals surface area contributed by atoms with Gasteiger partial charge in [0.25, 0.3) is 0 Å². The maximum Gasteiger partial charge on any atom is 0.338 e. The van der Waals surface area contributed by atoms with Crippen molar-refractivity contribution in [3.63, 3.8) is 0 Å². The predicted molar refractivity (Wildman–Crippen MR) is 144 cm³/mol. The second-order valence-corrected chi connectivity index (χ2v) is 9.99. The van der Waals surface area contributed by atoms with Crippen LogP contribution in [0.1, 0.15) is 47.9 Å². The minimum atomic E-state index is -0.814. The molecule has 194 valence electrons. The third kappa shape index (κ3) is 7.86. The van der Waals surface area contributed by atoms with E-state index in [1.807, 2.05) is 26.0 Å². The number of benzene rings is 2. The summed E-state index contributed by atoms with van der Waals surface area (Å²) in [5.74, 6) is -1.72. The summed E-state index contributed by atoms with van der Waals surface area (Å²) in [5, 5.41) is 0. The highest BCUT2D eigenvalue weighted by molar-refractivity contribution is 14.1. The standard InChI is InChI=1S/C28H33IO7/c1-19(33-26(30)20-11-7-5-8-12-20)22(32-4)15-16-23(34-27(31)21-13-9-6-10-14-21)25-24(17-18-29)35-28(2,3)36-25/h5-16,19,22-25H,17-18H2,1-4H3/t19-,22+,23?,24-,25+/m0/s1. The van der Waals surface area contributed by atoms with Gasteiger partial charge in [-0.1, -0.05) is 65.1 Å². The maximum atomic E-state index is 12.9. The van der Waals surface area contributed by atoms with Gasteiger partial charge in [0.1, 0.15) is 24.4 Å². The van der Waals surface area contributed by atoms with E-state index < -0.39 is 42.1 Å². The molecule has 1 heterocycles. The number of ether oxygens (including phenoxy) is 5. The maximum absolute atomic E-state index is 12.9. The molecule has 0 aliphatic carbocycles. The fourth-order valence-electron chi connectivity index (χ4n) is 3.98. The molecule has 1 aliphatic rings. The number of carbonyl (C=O) groups is 2. The Morgan fingerprint density at radius 3 is 2.03 bits per heavy atom. The molecule has 3 rings (SSSR count). The lowest BCUT2D eigenvalue weighted by atomic mass is 10.0. The van der Waals surface area contributed by atoms with Crippen molar-refractivity contribution < 1.29 is 33.3 Å². The molecule has 2 aromatic carbocycles. The van der Waals surface area contributed by atoms with Gasteiger partial charge in [-0.2, -0.15) is 0 Å². The molecule has 0 saturated carbocycles. The summed E-state index contributed by atoms with van der Waals surface area (Å²) in [5.41, 5.74) is 0.895. The first-order valence-corrected chi connectivity index (χ1v) is 13.4. The molecule has 0 radical (unpaired) electrons. The van der Waals surface area contributed by atoms with E-state index in [1.54, 1.807) is 67.6 Å². The molecule has 2 aromatic rings. The Bertz CT molecular complexity index is 1010. The normalized spacial score (nSPS) is 21.6. The lowest BCUT2D eigenvalue weighted by Gasteiger charge is -2.25. The molecule has 1 aliphatic heterocycles. The number of alkyl halides is 1. The monoisotopic (exact) mass is 608 g/mol. The molecule has 36 heavy (non-hydrogen) atoms. The Morgan fingerprint density at radius 2 is 1.50 bits per heavy atom. The van der Waals surface area contributed by atoms with Crippen LogP contribution in [0.15, 0.2) is 72.8 Å². The summed E-state index contributed by atoms with van der Waals surface area (Å²) in [6.45, 7) is 5.44. The van der Waals surface area contributed by atoms with Crippen LogP contribution in [0.25, 0.3) is 0 Å². The Labute approximate surface area is 226 Å². The van der Waals surface area contributed by atoms with E-state index in [0.717, 1.165) is 10.8 Å². The van der Waals surface area contributed by atoms with Crippen LogP contribution in [-0.2, 0) is 23.7 Å². The van der Waals surface area contributed by atoms with E-state index >= 15 is 0 Å². The van der Waals surface area contributed by atoms with E-state index in [4.69, 9.17) is 23.7 Å². The third-order valence-electron chi connectivity index (χ3n) is 5.72. The molecule has 0 N–H and O–H groups in total. The Kier molecular flexibility index (Phi) is 10.5. The van der Waals surface area contributed by atoms with Gasteiger partial charge in [-0.3, -0.25) is 0 Å². The van der Waals surface area contributed by atoms with Crippen LogP contribution in [0.4, 0.5) is 0 Å². The highest BCUT2D eigenvalue weighted by Gasteiger charge is 2.45. The second kappa shape index (κ2) is 13.3. The van der Waals surface area contributed by atoms with Gasteiger partial charge in [-0.15, -0.1) is 0 Å². The molecule has 0 aromatic heterocycles. The predicted octanol–water partition coefficient (Wildman–Crippen LogP) is 5.37. The molecule has 5 atom stereocenters. The van der Waals surface area contributed by atoms with Gasteiger partial charge < -0.3 is 23.7 Å². The first-order valence-electron chi connectivity index (χ1n) is 11.9. The van der Waals surface area contributed by atoms with Gasteiger partial charge in [0.15, 0.2) is 5.79 Å². The molecular weight excluding hydrogens is 575 g/mol. The van der Waals surface area contributed by atoms with Crippen LogP contribution in [-0.4, -0.2) is 59.8 Å². The van der Waals surface area contributed by atoms with Crippen molar-refractivity contribution in [1.82, 2.24) is 0 Å². The van der Waals surface area contributed by atoms with Gasteiger partial charge in [0.2, 0.25) is 0 Å². The lowest BCUT2D eigenvalue weighted by Crippen LogP contribution is -2.38. The summed E-state index contributed by atoms with van der Waals surface area (Å²) in [6.07, 6.45) is 1.52. The van der Waals surface area contributed by atoms with Crippen LogP contribution in [0.5, 0.6) is 0 Å². The van der Waals surface area contributed by atoms with Crippen LogP contribution in [0, 0.1) is 0 Å². The molecule has 8 heteroatoms. The fourth-order valence-corrected chi connectivity index (χ4v) is 4.59. The molecule has 7 nitrogen and oxygen atoms in total. The Hall–Kier alpha value is -2.27. The van der Waals surface area contributed by atoms with E-state index in [1.165, 1.54) is 7.11 Å². The van der Waals surface area contributed by atoms with Crippen molar-refractivity contribution in [2.75, 3.05) is 11.5 Å².